The molecule has 3 nitrogen and oxygen atoms in total. The zero-order valence-corrected chi connectivity index (χ0v) is 10.5. The number of nitrogens with two attached hydrogens (primary N) is 1. The minimum absolute atomic E-state index is 0.0184. The Morgan fingerprint density at radius 2 is 1.68 bits per heavy atom. The Kier molecular flexibility index (Phi) is 3.05. The minimum Gasteiger partial charge on any atom is -0.324 e. The van der Waals surface area contributed by atoms with Gasteiger partial charge in [0, 0.05) is 11.6 Å². The predicted octanol–water partition coefficient (Wildman–Crippen LogP) is 2.29. The van der Waals surface area contributed by atoms with Crippen molar-refractivity contribution in [1.29, 1.82) is 0 Å². The average molecular weight is 252 g/mol. The maximum Gasteiger partial charge on any atom is 0.241 e. The third kappa shape index (κ3) is 2.25. The van der Waals surface area contributed by atoms with Gasteiger partial charge in [-0.05, 0) is 23.6 Å². The maximum atomic E-state index is 12.1. The highest BCUT2D eigenvalue weighted by Gasteiger charge is 2.30. The fourth-order valence-electron chi connectivity index (χ4n) is 2.61. The molecular formula is C16H16N2O. The molecule has 2 aromatic carbocycles. The molecule has 2 aromatic rings. The van der Waals surface area contributed by atoms with E-state index in [1.54, 1.807) is 0 Å². The molecule has 0 bridgehead atoms. The molecule has 3 heteroatoms. The number of hydrogen-bond donors (Lipinski definition) is 2. The molecule has 3 N–H and O–H groups in total. The fourth-order valence-corrected chi connectivity index (χ4v) is 2.61. The molecule has 0 radical (unpaired) electrons. The summed E-state index contributed by atoms with van der Waals surface area (Å²) in [5.41, 5.74) is 9.25. The summed E-state index contributed by atoms with van der Waals surface area (Å²) >= 11 is 0. The topological polar surface area (TPSA) is 55.1 Å². The highest BCUT2D eigenvalue weighted by molar-refractivity contribution is 5.97. The van der Waals surface area contributed by atoms with Crippen LogP contribution in [-0.2, 0) is 11.2 Å². The van der Waals surface area contributed by atoms with Gasteiger partial charge in [0.2, 0.25) is 5.91 Å². The third-order valence-electron chi connectivity index (χ3n) is 3.68. The monoisotopic (exact) mass is 252 g/mol. The van der Waals surface area contributed by atoms with Gasteiger partial charge in [0.25, 0.3) is 0 Å². The number of amides is 1. The molecule has 0 aliphatic carbocycles. The first-order chi connectivity index (χ1) is 9.25. The van der Waals surface area contributed by atoms with E-state index < -0.39 is 6.04 Å². The van der Waals surface area contributed by atoms with Crippen LogP contribution in [0.15, 0.2) is 54.6 Å². The summed E-state index contributed by atoms with van der Waals surface area (Å²) < 4.78 is 0. The number of rotatable bonds is 1. The largest absolute Gasteiger partial charge is 0.324 e. The number of para-hydroxylation sites is 1. The van der Waals surface area contributed by atoms with E-state index in [-0.39, 0.29) is 11.8 Å². The lowest BCUT2D eigenvalue weighted by Crippen LogP contribution is -2.39. The van der Waals surface area contributed by atoms with Crippen molar-refractivity contribution in [3.05, 3.63) is 65.7 Å². The molecule has 96 valence electrons. The molecule has 0 spiro atoms. The van der Waals surface area contributed by atoms with E-state index in [0.717, 1.165) is 23.2 Å². The second-order valence-electron chi connectivity index (χ2n) is 4.89. The Labute approximate surface area is 112 Å². The molecule has 0 saturated carbocycles. The lowest BCUT2D eigenvalue weighted by molar-refractivity contribution is -0.117. The fraction of sp³-hybridized carbons (Fsp3) is 0.188. The van der Waals surface area contributed by atoms with Crippen LogP contribution in [0.3, 0.4) is 0 Å². The van der Waals surface area contributed by atoms with E-state index in [2.05, 4.69) is 5.32 Å². The van der Waals surface area contributed by atoms with E-state index in [1.807, 2.05) is 54.6 Å². The Morgan fingerprint density at radius 3 is 2.47 bits per heavy atom. The van der Waals surface area contributed by atoms with Crippen LogP contribution in [0.2, 0.25) is 0 Å². The molecule has 1 aliphatic rings. The molecule has 1 heterocycles. The number of anilines is 1. The minimum atomic E-state index is -0.519. The van der Waals surface area contributed by atoms with Crippen LogP contribution in [0.1, 0.15) is 17.0 Å². The van der Waals surface area contributed by atoms with Gasteiger partial charge in [-0.15, -0.1) is 0 Å². The SMILES string of the molecule is NC1C(=O)Nc2ccccc2CC1c1ccccc1. The number of carbonyl (C=O) groups excluding carboxylic acids is 1. The summed E-state index contributed by atoms with van der Waals surface area (Å²) in [5, 5.41) is 2.91. The molecule has 0 saturated heterocycles. The standard InChI is InChI=1S/C16H16N2O/c17-15-13(11-6-2-1-3-7-11)10-12-8-4-5-9-14(12)18-16(15)19/h1-9,13,15H,10,17H2,(H,18,19). The summed E-state index contributed by atoms with van der Waals surface area (Å²) in [7, 11) is 0. The van der Waals surface area contributed by atoms with Crippen LogP contribution >= 0.6 is 0 Å². The quantitative estimate of drug-likeness (QED) is 0.818. The molecular weight excluding hydrogens is 236 g/mol. The van der Waals surface area contributed by atoms with E-state index >= 15 is 0 Å². The summed E-state index contributed by atoms with van der Waals surface area (Å²) in [5.74, 6) is -0.0938. The molecule has 1 aliphatic heterocycles. The smallest absolute Gasteiger partial charge is 0.241 e. The molecule has 19 heavy (non-hydrogen) atoms. The van der Waals surface area contributed by atoms with Gasteiger partial charge in [-0.3, -0.25) is 4.79 Å². The van der Waals surface area contributed by atoms with Crippen LogP contribution in [0.25, 0.3) is 0 Å². The average Bonchev–Trinajstić information content (AvgIpc) is 2.58. The van der Waals surface area contributed by atoms with Crippen LogP contribution < -0.4 is 11.1 Å². The van der Waals surface area contributed by atoms with Crippen molar-refractivity contribution in [2.24, 2.45) is 5.73 Å². The summed E-state index contributed by atoms with van der Waals surface area (Å²) in [6, 6.07) is 17.4. The van der Waals surface area contributed by atoms with E-state index in [4.69, 9.17) is 5.73 Å². The Bertz CT molecular complexity index is 595. The van der Waals surface area contributed by atoms with Crippen LogP contribution in [0.4, 0.5) is 5.69 Å². The maximum absolute atomic E-state index is 12.1. The molecule has 3 rings (SSSR count). The van der Waals surface area contributed by atoms with E-state index in [0.29, 0.717) is 0 Å². The number of benzene rings is 2. The molecule has 2 unspecified atom stereocenters. The van der Waals surface area contributed by atoms with E-state index in [1.165, 1.54) is 0 Å². The van der Waals surface area contributed by atoms with Crippen LogP contribution in [0, 0.1) is 0 Å². The highest BCUT2D eigenvalue weighted by Crippen LogP contribution is 2.30. The van der Waals surface area contributed by atoms with Gasteiger partial charge < -0.3 is 11.1 Å². The molecule has 2 atom stereocenters. The summed E-state index contributed by atoms with van der Waals surface area (Å²) in [6.07, 6.45) is 0.778. The van der Waals surface area contributed by atoms with E-state index in [9.17, 15) is 4.79 Å². The highest BCUT2D eigenvalue weighted by atomic mass is 16.2. The van der Waals surface area contributed by atoms with Crippen molar-refractivity contribution in [2.45, 2.75) is 18.4 Å². The van der Waals surface area contributed by atoms with Crippen molar-refractivity contribution < 1.29 is 4.79 Å². The molecule has 0 fully saturated rings. The number of nitrogens with one attached hydrogen (secondary N) is 1. The first kappa shape index (κ1) is 11.9. The molecule has 1 amide bonds. The van der Waals surface area contributed by atoms with Gasteiger partial charge in [-0.2, -0.15) is 0 Å². The number of carbonyl (C=O) groups is 1. The third-order valence-corrected chi connectivity index (χ3v) is 3.68. The van der Waals surface area contributed by atoms with Crippen molar-refractivity contribution in [1.82, 2.24) is 0 Å². The second kappa shape index (κ2) is 4.86. The van der Waals surface area contributed by atoms with Crippen molar-refractivity contribution in [3.8, 4) is 0 Å². The van der Waals surface area contributed by atoms with Gasteiger partial charge in [0.1, 0.15) is 0 Å². The van der Waals surface area contributed by atoms with Crippen LogP contribution in [0.5, 0.6) is 0 Å². The van der Waals surface area contributed by atoms with Crippen molar-refractivity contribution in [2.75, 3.05) is 5.32 Å². The summed E-state index contributed by atoms with van der Waals surface area (Å²) in [4.78, 5) is 12.1. The lowest BCUT2D eigenvalue weighted by Gasteiger charge is -2.20. The van der Waals surface area contributed by atoms with Crippen LogP contribution in [-0.4, -0.2) is 11.9 Å². The van der Waals surface area contributed by atoms with Crippen molar-refractivity contribution >= 4 is 11.6 Å². The van der Waals surface area contributed by atoms with Gasteiger partial charge in [0.05, 0.1) is 6.04 Å². The van der Waals surface area contributed by atoms with Gasteiger partial charge in [-0.1, -0.05) is 48.5 Å². The number of fused-ring (bicyclic) bond motifs is 1. The number of hydrogen-bond acceptors (Lipinski definition) is 2. The Morgan fingerprint density at radius 1 is 1.00 bits per heavy atom. The normalized spacial score (nSPS) is 22.3. The van der Waals surface area contributed by atoms with Gasteiger partial charge in [-0.25, -0.2) is 0 Å². The first-order valence-corrected chi connectivity index (χ1v) is 6.45. The first-order valence-electron chi connectivity index (χ1n) is 6.45. The second-order valence-corrected chi connectivity index (χ2v) is 4.89. The Hall–Kier alpha value is -2.13. The summed E-state index contributed by atoms with van der Waals surface area (Å²) in [6.45, 7) is 0. The Balaban J connectivity index is 2.03. The zero-order valence-electron chi connectivity index (χ0n) is 10.5. The predicted molar refractivity (Wildman–Crippen MR) is 75.9 cm³/mol. The lowest BCUT2D eigenvalue weighted by atomic mass is 9.87. The van der Waals surface area contributed by atoms with Gasteiger partial charge in [0.15, 0.2) is 0 Å². The molecule has 0 aromatic heterocycles. The zero-order chi connectivity index (χ0) is 13.2. The van der Waals surface area contributed by atoms with Gasteiger partial charge >= 0.3 is 0 Å². The van der Waals surface area contributed by atoms with Crippen molar-refractivity contribution in [3.63, 3.8) is 0 Å².